The number of carbonyl (C=O) groups is 2. The van der Waals surface area contributed by atoms with E-state index in [1.165, 1.54) is 28.8 Å². The fourth-order valence-electron chi connectivity index (χ4n) is 4.41. The van der Waals surface area contributed by atoms with E-state index in [1.807, 2.05) is 0 Å². The molecule has 0 spiro atoms. The number of hydrogen-bond acceptors (Lipinski definition) is 9. The van der Waals surface area contributed by atoms with Crippen LogP contribution < -0.4 is 14.4 Å². The lowest BCUT2D eigenvalue weighted by molar-refractivity contribution is -0.132. The maximum atomic E-state index is 13.5. The number of ketones is 1. The van der Waals surface area contributed by atoms with Crippen LogP contribution in [-0.4, -0.2) is 40.7 Å². The van der Waals surface area contributed by atoms with Crippen molar-refractivity contribution in [3.8, 4) is 11.5 Å². The zero-order chi connectivity index (χ0) is 29.6. The van der Waals surface area contributed by atoms with E-state index in [9.17, 15) is 19.1 Å². The molecule has 1 aliphatic heterocycles. The summed E-state index contributed by atoms with van der Waals surface area (Å²) in [5.41, 5.74) is 1.81. The van der Waals surface area contributed by atoms with E-state index in [4.69, 9.17) is 9.47 Å². The summed E-state index contributed by atoms with van der Waals surface area (Å²) in [5.74, 6) is -0.487. The first kappa shape index (κ1) is 29.3. The number of rotatable bonds is 11. The van der Waals surface area contributed by atoms with Crippen LogP contribution in [-0.2, 0) is 15.3 Å². The van der Waals surface area contributed by atoms with Gasteiger partial charge in [0, 0.05) is 11.3 Å². The van der Waals surface area contributed by atoms with Gasteiger partial charge in [-0.1, -0.05) is 60.7 Å². The Labute approximate surface area is 250 Å². The molecule has 3 aromatic carbocycles. The van der Waals surface area contributed by atoms with Crippen molar-refractivity contribution in [1.29, 1.82) is 0 Å². The van der Waals surface area contributed by atoms with Gasteiger partial charge in [-0.3, -0.25) is 14.5 Å². The molecule has 1 N–H and O–H groups in total. The maximum absolute atomic E-state index is 13.5. The standard InChI is InChI=1S/C31H28FN3O5S2/c1-3-4-17-40-24-15-9-21(10-16-24)27(36)25-26(20-7-13-23(39-2)14-8-20)35(29(38)28(25)37)30-33-34-31(42-30)41-18-19-5-11-22(32)12-6-19/h5-16,26,36H,3-4,17-18H2,1-2H3/t26-/m0/s1. The van der Waals surface area contributed by atoms with Crippen molar-refractivity contribution in [3.05, 3.63) is 101 Å². The highest BCUT2D eigenvalue weighted by molar-refractivity contribution is 8.00. The normalized spacial score (nSPS) is 16.2. The van der Waals surface area contributed by atoms with Gasteiger partial charge in [0.15, 0.2) is 4.34 Å². The van der Waals surface area contributed by atoms with E-state index < -0.39 is 17.7 Å². The van der Waals surface area contributed by atoms with Crippen LogP contribution in [0.2, 0.25) is 0 Å². The number of anilines is 1. The first-order chi connectivity index (χ1) is 20.4. The molecule has 0 unspecified atom stereocenters. The van der Waals surface area contributed by atoms with Gasteiger partial charge in [-0.15, -0.1) is 10.2 Å². The summed E-state index contributed by atoms with van der Waals surface area (Å²) in [6.45, 7) is 2.66. The van der Waals surface area contributed by atoms with Gasteiger partial charge in [-0.25, -0.2) is 4.39 Å². The SMILES string of the molecule is CCCCOc1ccc(C(O)=C2C(=O)C(=O)N(c3nnc(SCc4ccc(F)cc4)s3)[C@H]2c2ccc(OC)cc2)cc1. The van der Waals surface area contributed by atoms with Crippen LogP contribution in [0.15, 0.2) is 82.7 Å². The number of aliphatic hydroxyl groups excluding tert-OH is 1. The highest BCUT2D eigenvalue weighted by Gasteiger charge is 2.48. The molecule has 11 heteroatoms. The number of thioether (sulfide) groups is 1. The summed E-state index contributed by atoms with van der Waals surface area (Å²) < 4.78 is 24.8. The Kier molecular flexibility index (Phi) is 9.19. The molecule has 0 bridgehead atoms. The second-order valence-electron chi connectivity index (χ2n) is 9.43. The zero-order valence-electron chi connectivity index (χ0n) is 23.0. The molecule has 2 heterocycles. The average molecular weight is 606 g/mol. The van der Waals surface area contributed by atoms with Crippen LogP contribution in [0, 0.1) is 5.82 Å². The summed E-state index contributed by atoms with van der Waals surface area (Å²) in [7, 11) is 1.54. The fraction of sp³-hybridized carbons (Fsp3) is 0.226. The van der Waals surface area contributed by atoms with Gasteiger partial charge in [0.2, 0.25) is 5.13 Å². The monoisotopic (exact) mass is 605 g/mol. The lowest BCUT2D eigenvalue weighted by Crippen LogP contribution is -2.29. The third-order valence-electron chi connectivity index (χ3n) is 6.65. The van der Waals surface area contributed by atoms with Gasteiger partial charge in [0.05, 0.1) is 25.3 Å². The lowest BCUT2D eigenvalue weighted by atomic mass is 9.95. The minimum Gasteiger partial charge on any atom is -0.507 e. The van der Waals surface area contributed by atoms with Crippen molar-refractivity contribution in [2.75, 3.05) is 18.6 Å². The summed E-state index contributed by atoms with van der Waals surface area (Å²) in [6, 6.07) is 18.9. The predicted octanol–water partition coefficient (Wildman–Crippen LogP) is 6.78. The molecular formula is C31H28FN3O5S2. The van der Waals surface area contributed by atoms with Gasteiger partial charge < -0.3 is 14.6 Å². The number of benzene rings is 3. The van der Waals surface area contributed by atoms with Crippen LogP contribution in [0.25, 0.3) is 5.76 Å². The van der Waals surface area contributed by atoms with Crippen molar-refractivity contribution in [3.63, 3.8) is 0 Å². The number of aromatic nitrogens is 2. The van der Waals surface area contributed by atoms with Gasteiger partial charge in [-0.05, 0) is 66.1 Å². The summed E-state index contributed by atoms with van der Waals surface area (Å²) >= 11 is 2.54. The Balaban J connectivity index is 1.48. The number of carbonyl (C=O) groups excluding carboxylic acids is 2. The minimum absolute atomic E-state index is 0.0551. The number of aliphatic hydroxyl groups is 1. The Morgan fingerprint density at radius 3 is 2.36 bits per heavy atom. The third-order valence-corrected chi connectivity index (χ3v) is 8.77. The molecule has 1 atom stereocenters. The largest absolute Gasteiger partial charge is 0.507 e. The number of hydrogen-bond donors (Lipinski definition) is 1. The van der Waals surface area contributed by atoms with Crippen LogP contribution in [0.5, 0.6) is 11.5 Å². The molecule has 8 nitrogen and oxygen atoms in total. The van der Waals surface area contributed by atoms with Gasteiger partial charge >= 0.3 is 5.91 Å². The molecule has 216 valence electrons. The van der Waals surface area contributed by atoms with Gasteiger partial charge in [-0.2, -0.15) is 0 Å². The first-order valence-electron chi connectivity index (χ1n) is 13.3. The molecule has 0 radical (unpaired) electrons. The number of nitrogens with zero attached hydrogens (tertiary/aromatic N) is 3. The molecule has 1 aliphatic rings. The van der Waals surface area contributed by atoms with E-state index >= 15 is 0 Å². The zero-order valence-corrected chi connectivity index (χ0v) is 24.6. The molecular weight excluding hydrogens is 577 g/mol. The Bertz CT molecular complexity index is 1590. The lowest BCUT2D eigenvalue weighted by Gasteiger charge is -2.22. The van der Waals surface area contributed by atoms with E-state index in [-0.39, 0.29) is 22.3 Å². The second kappa shape index (κ2) is 13.2. The third kappa shape index (κ3) is 6.32. The molecule has 0 aliphatic carbocycles. The van der Waals surface area contributed by atoms with Crippen LogP contribution in [0.1, 0.15) is 42.5 Å². The smallest absolute Gasteiger partial charge is 0.301 e. The molecule has 1 saturated heterocycles. The number of Topliss-reactive ketones (excluding diaryl/α,β-unsaturated/α-hetero) is 1. The highest BCUT2D eigenvalue weighted by Crippen LogP contribution is 2.44. The van der Waals surface area contributed by atoms with Gasteiger partial charge in [0.25, 0.3) is 5.78 Å². The summed E-state index contributed by atoms with van der Waals surface area (Å²) in [5, 5.41) is 20.1. The van der Waals surface area contributed by atoms with Crippen molar-refractivity contribution >= 4 is 45.7 Å². The van der Waals surface area contributed by atoms with E-state index in [1.54, 1.807) is 67.8 Å². The number of halogens is 1. The number of ether oxygens (including phenoxy) is 2. The number of unbranched alkanes of at least 4 members (excludes halogenated alkanes) is 1. The van der Waals surface area contributed by atoms with Crippen molar-refractivity contribution in [2.24, 2.45) is 0 Å². The molecule has 4 aromatic rings. The quantitative estimate of drug-likeness (QED) is 0.0499. The molecule has 1 fully saturated rings. The molecule has 1 amide bonds. The highest BCUT2D eigenvalue weighted by atomic mass is 32.2. The van der Waals surface area contributed by atoms with Crippen LogP contribution in [0.3, 0.4) is 0 Å². The number of amides is 1. The summed E-state index contributed by atoms with van der Waals surface area (Å²) in [6.07, 6.45) is 1.93. The molecule has 0 saturated carbocycles. The molecule has 42 heavy (non-hydrogen) atoms. The van der Waals surface area contributed by atoms with Crippen molar-refractivity contribution in [2.45, 2.75) is 35.9 Å². The second-order valence-corrected chi connectivity index (χ2v) is 11.6. The maximum Gasteiger partial charge on any atom is 0.301 e. The molecule has 1 aromatic heterocycles. The average Bonchev–Trinajstić information content (AvgIpc) is 3.58. The predicted molar refractivity (Wildman–Crippen MR) is 160 cm³/mol. The topological polar surface area (TPSA) is 102 Å². The van der Waals surface area contributed by atoms with Crippen LogP contribution in [0.4, 0.5) is 9.52 Å². The van der Waals surface area contributed by atoms with Gasteiger partial charge in [0.1, 0.15) is 23.1 Å². The first-order valence-corrected chi connectivity index (χ1v) is 15.1. The van der Waals surface area contributed by atoms with Crippen molar-refractivity contribution in [1.82, 2.24) is 10.2 Å². The number of methoxy groups -OCH3 is 1. The fourth-order valence-corrected chi connectivity index (χ4v) is 6.24. The minimum atomic E-state index is -0.945. The Morgan fingerprint density at radius 1 is 1.00 bits per heavy atom. The van der Waals surface area contributed by atoms with E-state index in [0.717, 1.165) is 29.7 Å². The van der Waals surface area contributed by atoms with E-state index in [0.29, 0.717) is 39.3 Å². The Hall–Kier alpha value is -4.22. The van der Waals surface area contributed by atoms with E-state index in [2.05, 4.69) is 17.1 Å². The summed E-state index contributed by atoms with van der Waals surface area (Å²) in [4.78, 5) is 28.2. The molecule has 5 rings (SSSR count). The Morgan fingerprint density at radius 2 is 1.69 bits per heavy atom. The van der Waals surface area contributed by atoms with Crippen molar-refractivity contribution < 1.29 is 28.6 Å². The van der Waals surface area contributed by atoms with Crippen LogP contribution >= 0.6 is 23.1 Å².